The third-order valence-electron chi connectivity index (χ3n) is 3.94. The first-order chi connectivity index (χ1) is 11.7. The molecule has 3 aromatic rings. The highest BCUT2D eigenvalue weighted by atomic mass is 19.1. The van der Waals surface area contributed by atoms with Gasteiger partial charge in [-0.15, -0.1) is 0 Å². The second kappa shape index (κ2) is 6.97. The van der Waals surface area contributed by atoms with Crippen LogP contribution in [0, 0.1) is 17.1 Å². The molecule has 0 radical (unpaired) electrons. The Balaban J connectivity index is 1.96. The lowest BCUT2D eigenvalue weighted by atomic mass is 9.99. The Kier molecular flexibility index (Phi) is 4.57. The zero-order chi connectivity index (χ0) is 16.9. The van der Waals surface area contributed by atoms with E-state index >= 15 is 0 Å². The van der Waals surface area contributed by atoms with Gasteiger partial charge in [0, 0.05) is 11.9 Å². The monoisotopic (exact) mass is 320 g/mol. The molecule has 0 amide bonds. The number of H-pyrrole nitrogens is 1. The smallest absolute Gasteiger partial charge is 0.126 e. The van der Waals surface area contributed by atoms with E-state index in [4.69, 9.17) is 5.26 Å². The van der Waals surface area contributed by atoms with Crippen molar-refractivity contribution in [3.05, 3.63) is 82.9 Å². The molecule has 0 fully saturated rings. The molecule has 5 heteroatoms. The Labute approximate surface area is 140 Å². The fraction of sp³-hybridized carbons (Fsp3) is 0.158. The van der Waals surface area contributed by atoms with Crippen molar-refractivity contribution >= 4 is 5.69 Å². The van der Waals surface area contributed by atoms with Gasteiger partial charge in [0.15, 0.2) is 0 Å². The van der Waals surface area contributed by atoms with Gasteiger partial charge in [0.1, 0.15) is 5.82 Å². The molecule has 0 aliphatic carbocycles. The van der Waals surface area contributed by atoms with Crippen LogP contribution in [0.1, 0.15) is 35.3 Å². The molecule has 0 aliphatic rings. The van der Waals surface area contributed by atoms with Gasteiger partial charge in [-0.1, -0.05) is 19.1 Å². The van der Waals surface area contributed by atoms with Crippen molar-refractivity contribution < 1.29 is 4.39 Å². The molecule has 0 saturated heterocycles. The lowest BCUT2D eigenvalue weighted by molar-refractivity contribution is 0.610. The second-order valence-corrected chi connectivity index (χ2v) is 5.48. The van der Waals surface area contributed by atoms with E-state index < -0.39 is 0 Å². The number of nitriles is 1. The summed E-state index contributed by atoms with van der Waals surface area (Å²) in [6, 6.07) is 16.2. The van der Waals surface area contributed by atoms with Crippen LogP contribution >= 0.6 is 0 Å². The Bertz CT molecular complexity index is 848. The topological polar surface area (TPSA) is 64.5 Å². The highest BCUT2D eigenvalue weighted by Crippen LogP contribution is 2.27. The van der Waals surface area contributed by atoms with Gasteiger partial charge in [-0.3, -0.25) is 5.10 Å². The van der Waals surface area contributed by atoms with Crippen molar-refractivity contribution in [3.8, 4) is 6.07 Å². The molecule has 0 bridgehead atoms. The standard InChI is InChI=1S/C19H17FN4/c1-2-14-11-15(5-8-17(14)20)19(18-9-10-22-24-18)23-16-6-3-13(12-21)4-7-16/h3-11,19,23H,2H2,1H3,(H,22,24). The minimum atomic E-state index is -0.192. The molecule has 1 unspecified atom stereocenters. The number of nitrogens with zero attached hydrogens (tertiary/aromatic N) is 2. The zero-order valence-electron chi connectivity index (χ0n) is 13.3. The second-order valence-electron chi connectivity index (χ2n) is 5.48. The van der Waals surface area contributed by atoms with E-state index in [-0.39, 0.29) is 11.9 Å². The molecule has 24 heavy (non-hydrogen) atoms. The molecule has 3 rings (SSSR count). The summed E-state index contributed by atoms with van der Waals surface area (Å²) in [6.45, 7) is 1.93. The quantitative estimate of drug-likeness (QED) is 0.741. The molecule has 2 N–H and O–H groups in total. The predicted octanol–water partition coefficient (Wildman–Crippen LogP) is 4.18. The Hall–Kier alpha value is -3.13. The summed E-state index contributed by atoms with van der Waals surface area (Å²) in [4.78, 5) is 0. The number of aryl methyl sites for hydroxylation is 1. The van der Waals surface area contributed by atoms with Gasteiger partial charge in [-0.2, -0.15) is 10.4 Å². The predicted molar refractivity (Wildman–Crippen MR) is 91.0 cm³/mol. The largest absolute Gasteiger partial charge is 0.373 e. The fourth-order valence-electron chi connectivity index (χ4n) is 2.62. The summed E-state index contributed by atoms with van der Waals surface area (Å²) >= 11 is 0. The third-order valence-corrected chi connectivity index (χ3v) is 3.94. The van der Waals surface area contributed by atoms with Crippen LogP contribution in [0.3, 0.4) is 0 Å². The zero-order valence-corrected chi connectivity index (χ0v) is 13.3. The maximum Gasteiger partial charge on any atom is 0.126 e. The minimum Gasteiger partial charge on any atom is -0.373 e. The van der Waals surface area contributed by atoms with Crippen LogP contribution in [-0.2, 0) is 6.42 Å². The van der Waals surface area contributed by atoms with Crippen molar-refractivity contribution in [2.24, 2.45) is 0 Å². The normalized spacial score (nSPS) is 11.7. The number of halogens is 1. The van der Waals surface area contributed by atoms with Crippen molar-refractivity contribution in [2.75, 3.05) is 5.32 Å². The van der Waals surface area contributed by atoms with Crippen LogP contribution in [-0.4, -0.2) is 10.2 Å². The Morgan fingerprint density at radius 2 is 2.00 bits per heavy atom. The van der Waals surface area contributed by atoms with Crippen LogP contribution in [0.4, 0.5) is 10.1 Å². The lowest BCUT2D eigenvalue weighted by Crippen LogP contribution is -2.13. The highest BCUT2D eigenvalue weighted by molar-refractivity contribution is 5.51. The van der Waals surface area contributed by atoms with Crippen LogP contribution in [0.2, 0.25) is 0 Å². The molecule has 120 valence electrons. The number of rotatable bonds is 5. The maximum atomic E-state index is 13.8. The molecule has 0 aliphatic heterocycles. The van der Waals surface area contributed by atoms with E-state index in [0.29, 0.717) is 17.5 Å². The first kappa shape index (κ1) is 15.8. The average Bonchev–Trinajstić information content (AvgIpc) is 3.15. The molecular formula is C19H17FN4. The average molecular weight is 320 g/mol. The molecular weight excluding hydrogens is 303 g/mol. The van der Waals surface area contributed by atoms with Gasteiger partial charge in [-0.05, 0) is 53.9 Å². The number of aromatic nitrogens is 2. The lowest BCUT2D eigenvalue weighted by Gasteiger charge is -2.20. The Morgan fingerprint density at radius 1 is 1.21 bits per heavy atom. The first-order valence-corrected chi connectivity index (χ1v) is 7.75. The summed E-state index contributed by atoms with van der Waals surface area (Å²) in [5, 5.41) is 19.3. The molecule has 1 heterocycles. The van der Waals surface area contributed by atoms with Crippen LogP contribution in [0.5, 0.6) is 0 Å². The van der Waals surface area contributed by atoms with Gasteiger partial charge < -0.3 is 5.32 Å². The number of hydrogen-bond donors (Lipinski definition) is 2. The van der Waals surface area contributed by atoms with E-state index in [1.807, 2.05) is 31.2 Å². The molecule has 1 atom stereocenters. The number of anilines is 1. The third kappa shape index (κ3) is 3.28. The summed E-state index contributed by atoms with van der Waals surface area (Å²) in [7, 11) is 0. The minimum absolute atomic E-state index is 0.189. The van der Waals surface area contributed by atoms with Gasteiger partial charge in [0.25, 0.3) is 0 Å². The summed E-state index contributed by atoms with van der Waals surface area (Å²) < 4.78 is 13.8. The van der Waals surface area contributed by atoms with Crippen molar-refractivity contribution in [3.63, 3.8) is 0 Å². The maximum absolute atomic E-state index is 13.8. The Morgan fingerprint density at radius 3 is 2.62 bits per heavy atom. The number of benzene rings is 2. The first-order valence-electron chi connectivity index (χ1n) is 7.75. The van der Waals surface area contributed by atoms with Gasteiger partial charge in [0.2, 0.25) is 0 Å². The van der Waals surface area contributed by atoms with Gasteiger partial charge in [0.05, 0.1) is 23.4 Å². The number of aromatic amines is 1. The molecule has 2 aromatic carbocycles. The van der Waals surface area contributed by atoms with Crippen LogP contribution in [0.25, 0.3) is 0 Å². The number of hydrogen-bond acceptors (Lipinski definition) is 3. The van der Waals surface area contributed by atoms with E-state index in [2.05, 4.69) is 21.6 Å². The number of nitrogens with one attached hydrogen (secondary N) is 2. The van der Waals surface area contributed by atoms with E-state index in [0.717, 1.165) is 16.9 Å². The molecule has 0 spiro atoms. The SMILES string of the molecule is CCc1cc(C(Nc2ccc(C#N)cc2)c2ccn[nH]2)ccc1F. The van der Waals surface area contributed by atoms with E-state index in [1.165, 1.54) is 6.07 Å². The van der Waals surface area contributed by atoms with Gasteiger partial charge in [-0.25, -0.2) is 4.39 Å². The van der Waals surface area contributed by atoms with Crippen LogP contribution in [0.15, 0.2) is 54.7 Å². The molecule has 1 aromatic heterocycles. The van der Waals surface area contributed by atoms with Crippen molar-refractivity contribution in [1.82, 2.24) is 10.2 Å². The highest BCUT2D eigenvalue weighted by Gasteiger charge is 2.17. The molecule has 0 saturated carbocycles. The van der Waals surface area contributed by atoms with Crippen molar-refractivity contribution in [1.29, 1.82) is 5.26 Å². The van der Waals surface area contributed by atoms with Crippen molar-refractivity contribution in [2.45, 2.75) is 19.4 Å². The van der Waals surface area contributed by atoms with E-state index in [1.54, 1.807) is 24.4 Å². The fourth-order valence-corrected chi connectivity index (χ4v) is 2.62. The van der Waals surface area contributed by atoms with E-state index in [9.17, 15) is 4.39 Å². The van der Waals surface area contributed by atoms with Crippen LogP contribution < -0.4 is 5.32 Å². The summed E-state index contributed by atoms with van der Waals surface area (Å²) in [5.74, 6) is -0.192. The molecule has 4 nitrogen and oxygen atoms in total. The van der Waals surface area contributed by atoms with Gasteiger partial charge >= 0.3 is 0 Å². The summed E-state index contributed by atoms with van der Waals surface area (Å²) in [5.41, 5.74) is 3.98. The summed E-state index contributed by atoms with van der Waals surface area (Å²) in [6.07, 6.45) is 2.32.